The van der Waals surface area contributed by atoms with Crippen LogP contribution in [0.25, 0.3) is 0 Å². The molecule has 7 heteroatoms. The molecule has 6 nitrogen and oxygen atoms in total. The first-order valence-corrected chi connectivity index (χ1v) is 8.11. The predicted octanol–water partition coefficient (Wildman–Crippen LogP) is 2.07. The van der Waals surface area contributed by atoms with Gasteiger partial charge in [-0.25, -0.2) is 0 Å². The lowest BCUT2D eigenvalue weighted by Gasteiger charge is -2.15. The number of imide groups is 1. The van der Waals surface area contributed by atoms with Crippen molar-refractivity contribution < 1.29 is 14.3 Å². The number of hydrogen-bond donors (Lipinski definition) is 0. The third-order valence-corrected chi connectivity index (χ3v) is 4.23. The molecule has 0 spiro atoms. The summed E-state index contributed by atoms with van der Waals surface area (Å²) in [5.41, 5.74) is 0.961. The number of aryl methyl sites for hydroxylation is 1. The Hall–Kier alpha value is -2.34. The number of ether oxygens (including phenoxy) is 1. The van der Waals surface area contributed by atoms with E-state index < -0.39 is 0 Å². The smallest absolute Gasteiger partial charge is 0.233 e. The Bertz CT molecular complexity index is 742. The molecule has 1 aromatic heterocycles. The van der Waals surface area contributed by atoms with E-state index in [-0.39, 0.29) is 37.3 Å². The third-order valence-electron chi connectivity index (χ3n) is 3.98. The van der Waals surface area contributed by atoms with Gasteiger partial charge in [0, 0.05) is 24.7 Å². The molecule has 0 N–H and O–H groups in total. The van der Waals surface area contributed by atoms with E-state index in [1.54, 1.807) is 35.1 Å². The van der Waals surface area contributed by atoms with Crippen LogP contribution in [0, 0.1) is 5.92 Å². The van der Waals surface area contributed by atoms with E-state index >= 15 is 0 Å². The maximum atomic E-state index is 12.4. The molecule has 126 valence electrons. The van der Waals surface area contributed by atoms with E-state index in [9.17, 15) is 9.59 Å². The second-order valence-electron chi connectivity index (χ2n) is 5.81. The number of rotatable bonds is 6. The van der Waals surface area contributed by atoms with Gasteiger partial charge in [0.05, 0.1) is 18.7 Å². The number of benzene rings is 1. The number of halogens is 1. The van der Waals surface area contributed by atoms with E-state index in [2.05, 4.69) is 5.10 Å². The lowest BCUT2D eigenvalue weighted by molar-refractivity contribution is -0.139. The summed E-state index contributed by atoms with van der Waals surface area (Å²) in [6.07, 6.45) is 4.37. The van der Waals surface area contributed by atoms with Gasteiger partial charge in [0.15, 0.2) is 0 Å². The average Bonchev–Trinajstić information content (AvgIpc) is 3.07. The molecule has 1 aliphatic rings. The summed E-state index contributed by atoms with van der Waals surface area (Å²) in [6, 6.07) is 6.96. The van der Waals surface area contributed by atoms with Crippen LogP contribution in [0.15, 0.2) is 36.7 Å². The molecule has 0 unspecified atom stereocenters. The minimum absolute atomic E-state index is 0.136. The Balaban J connectivity index is 1.53. The normalized spacial score (nSPS) is 17.6. The molecule has 0 aliphatic carbocycles. The summed E-state index contributed by atoms with van der Waals surface area (Å²) < 4.78 is 7.25. The van der Waals surface area contributed by atoms with Gasteiger partial charge in [-0.15, -0.1) is 0 Å². The van der Waals surface area contributed by atoms with E-state index in [1.165, 1.54) is 4.90 Å². The SMILES string of the molecule is Cn1cc(C[C@@H]2CC(=O)N(CCOc3ccc(Cl)cc3)C2=O)cn1. The molecule has 1 aliphatic heterocycles. The fourth-order valence-electron chi connectivity index (χ4n) is 2.79. The van der Waals surface area contributed by atoms with E-state index in [1.807, 2.05) is 13.2 Å². The van der Waals surface area contributed by atoms with Crippen LogP contribution in [0.2, 0.25) is 5.02 Å². The number of hydrogen-bond acceptors (Lipinski definition) is 4. The molecule has 3 rings (SSSR count). The summed E-state index contributed by atoms with van der Waals surface area (Å²) in [5, 5.41) is 4.72. The minimum Gasteiger partial charge on any atom is -0.492 e. The number of aromatic nitrogens is 2. The number of amides is 2. The summed E-state index contributed by atoms with van der Waals surface area (Å²) in [5.74, 6) is 0.0693. The van der Waals surface area contributed by atoms with Gasteiger partial charge in [-0.2, -0.15) is 5.10 Å². The zero-order chi connectivity index (χ0) is 17.1. The Morgan fingerprint density at radius 2 is 2.04 bits per heavy atom. The van der Waals surface area contributed by atoms with Crippen molar-refractivity contribution in [1.29, 1.82) is 0 Å². The van der Waals surface area contributed by atoms with Crippen LogP contribution in [0.1, 0.15) is 12.0 Å². The van der Waals surface area contributed by atoms with Gasteiger partial charge in [-0.05, 0) is 36.2 Å². The van der Waals surface area contributed by atoms with E-state index in [4.69, 9.17) is 16.3 Å². The molecule has 1 saturated heterocycles. The van der Waals surface area contributed by atoms with Gasteiger partial charge >= 0.3 is 0 Å². The van der Waals surface area contributed by atoms with Crippen LogP contribution in [0.5, 0.6) is 5.75 Å². The predicted molar refractivity (Wildman–Crippen MR) is 88.7 cm³/mol. The molecule has 1 fully saturated rings. The van der Waals surface area contributed by atoms with Gasteiger partial charge < -0.3 is 4.74 Å². The van der Waals surface area contributed by atoms with Crippen LogP contribution >= 0.6 is 11.6 Å². The minimum atomic E-state index is -0.308. The Morgan fingerprint density at radius 1 is 1.29 bits per heavy atom. The number of carbonyl (C=O) groups is 2. The quantitative estimate of drug-likeness (QED) is 0.750. The monoisotopic (exact) mass is 347 g/mol. The van der Waals surface area contributed by atoms with Gasteiger partial charge in [-0.3, -0.25) is 19.2 Å². The molecule has 0 bridgehead atoms. The van der Waals surface area contributed by atoms with Gasteiger partial charge in [-0.1, -0.05) is 11.6 Å². The second kappa shape index (κ2) is 7.05. The highest BCUT2D eigenvalue weighted by atomic mass is 35.5. The van der Waals surface area contributed by atoms with Crippen molar-refractivity contribution in [2.45, 2.75) is 12.8 Å². The maximum absolute atomic E-state index is 12.4. The highest BCUT2D eigenvalue weighted by molar-refractivity contribution is 6.30. The third kappa shape index (κ3) is 3.76. The maximum Gasteiger partial charge on any atom is 0.233 e. The van der Waals surface area contributed by atoms with Crippen molar-refractivity contribution in [3.8, 4) is 5.75 Å². The van der Waals surface area contributed by atoms with Gasteiger partial charge in [0.1, 0.15) is 12.4 Å². The zero-order valence-electron chi connectivity index (χ0n) is 13.3. The summed E-state index contributed by atoms with van der Waals surface area (Å²) in [6.45, 7) is 0.516. The van der Waals surface area contributed by atoms with Crippen molar-refractivity contribution >= 4 is 23.4 Å². The molecule has 1 atom stereocenters. The van der Waals surface area contributed by atoms with Crippen molar-refractivity contribution in [3.63, 3.8) is 0 Å². The van der Waals surface area contributed by atoms with Crippen LogP contribution < -0.4 is 4.74 Å². The van der Waals surface area contributed by atoms with Crippen molar-refractivity contribution in [2.75, 3.05) is 13.2 Å². The standard InChI is InChI=1S/C17H18ClN3O3/c1-20-11-12(10-19-20)8-13-9-16(22)21(17(13)23)6-7-24-15-4-2-14(18)3-5-15/h2-5,10-11,13H,6-9H2,1H3/t13-/m1/s1. The van der Waals surface area contributed by atoms with Crippen molar-refractivity contribution in [3.05, 3.63) is 47.2 Å². The van der Waals surface area contributed by atoms with Crippen LogP contribution in [0.3, 0.4) is 0 Å². The van der Waals surface area contributed by atoms with Crippen molar-refractivity contribution in [2.24, 2.45) is 13.0 Å². The average molecular weight is 348 g/mol. The lowest BCUT2D eigenvalue weighted by atomic mass is 10.0. The highest BCUT2D eigenvalue weighted by Gasteiger charge is 2.38. The van der Waals surface area contributed by atoms with E-state index in [0.717, 1.165) is 5.56 Å². The lowest BCUT2D eigenvalue weighted by Crippen LogP contribution is -2.34. The van der Waals surface area contributed by atoms with Crippen molar-refractivity contribution in [1.82, 2.24) is 14.7 Å². The second-order valence-corrected chi connectivity index (χ2v) is 6.25. The largest absolute Gasteiger partial charge is 0.492 e. The summed E-state index contributed by atoms with van der Waals surface area (Å²) in [4.78, 5) is 25.8. The Labute approximate surface area is 145 Å². The van der Waals surface area contributed by atoms with Crippen LogP contribution in [0.4, 0.5) is 0 Å². The molecular weight excluding hydrogens is 330 g/mol. The first kappa shape index (κ1) is 16.5. The molecule has 24 heavy (non-hydrogen) atoms. The fraction of sp³-hybridized carbons (Fsp3) is 0.353. The Kier molecular flexibility index (Phi) is 4.85. The van der Waals surface area contributed by atoms with E-state index in [0.29, 0.717) is 17.2 Å². The molecule has 2 aromatic rings. The molecule has 2 amide bonds. The van der Waals surface area contributed by atoms with Gasteiger partial charge in [0.2, 0.25) is 11.8 Å². The number of likely N-dealkylation sites (tertiary alicyclic amines) is 1. The first-order chi connectivity index (χ1) is 11.5. The molecular formula is C17H18ClN3O3. The molecule has 2 heterocycles. The number of carbonyl (C=O) groups excluding carboxylic acids is 2. The summed E-state index contributed by atoms with van der Waals surface area (Å²) in [7, 11) is 1.82. The van der Waals surface area contributed by atoms with Crippen LogP contribution in [-0.4, -0.2) is 39.6 Å². The van der Waals surface area contributed by atoms with Gasteiger partial charge in [0.25, 0.3) is 0 Å². The van der Waals surface area contributed by atoms with Crippen LogP contribution in [-0.2, 0) is 23.1 Å². The molecule has 0 saturated carbocycles. The highest BCUT2D eigenvalue weighted by Crippen LogP contribution is 2.23. The first-order valence-electron chi connectivity index (χ1n) is 7.73. The zero-order valence-corrected chi connectivity index (χ0v) is 14.1. The molecule has 1 aromatic carbocycles. The Morgan fingerprint density at radius 3 is 2.71 bits per heavy atom. The number of nitrogens with zero attached hydrogens (tertiary/aromatic N) is 3. The molecule has 0 radical (unpaired) electrons. The topological polar surface area (TPSA) is 64.4 Å². The fourth-order valence-corrected chi connectivity index (χ4v) is 2.92. The summed E-state index contributed by atoms with van der Waals surface area (Å²) >= 11 is 5.81.